The second-order valence-corrected chi connectivity index (χ2v) is 9.59. The molecule has 1 aromatic carbocycles. The summed E-state index contributed by atoms with van der Waals surface area (Å²) in [6, 6.07) is 16.0. The maximum atomic E-state index is 12.9. The zero-order valence-corrected chi connectivity index (χ0v) is 19.8. The van der Waals surface area contributed by atoms with Gasteiger partial charge in [-0.3, -0.25) is 14.6 Å². The van der Waals surface area contributed by atoms with E-state index in [9.17, 15) is 10.1 Å². The van der Waals surface area contributed by atoms with Gasteiger partial charge in [-0.05, 0) is 17.7 Å². The van der Waals surface area contributed by atoms with Gasteiger partial charge >= 0.3 is 0 Å². The van der Waals surface area contributed by atoms with Crippen molar-refractivity contribution >= 4 is 46.2 Å². The van der Waals surface area contributed by atoms with E-state index in [0.717, 1.165) is 32.7 Å². The molecular formula is C24H21N5O3S2. The van der Waals surface area contributed by atoms with Crippen molar-refractivity contribution in [3.8, 4) is 6.07 Å². The highest BCUT2D eigenvalue weighted by atomic mass is 32.2. The van der Waals surface area contributed by atoms with E-state index in [-0.39, 0.29) is 24.0 Å². The summed E-state index contributed by atoms with van der Waals surface area (Å²) in [5.74, 6) is 1.07. The fourth-order valence-electron chi connectivity index (χ4n) is 3.93. The van der Waals surface area contributed by atoms with Crippen LogP contribution in [-0.4, -0.2) is 51.2 Å². The number of piperazine rings is 1. The van der Waals surface area contributed by atoms with Crippen molar-refractivity contribution in [2.45, 2.75) is 13.1 Å². The van der Waals surface area contributed by atoms with Gasteiger partial charge in [0.05, 0.1) is 17.7 Å². The largest absolute Gasteiger partial charge is 0.467 e. The molecule has 0 saturated carbocycles. The molecule has 8 nitrogen and oxygen atoms in total. The molecule has 1 amide bonds. The summed E-state index contributed by atoms with van der Waals surface area (Å²) in [6.45, 7) is 4.30. The number of thiocarbonyl (C=S) groups is 1. The molecule has 0 atom stereocenters. The van der Waals surface area contributed by atoms with Gasteiger partial charge in [-0.25, -0.2) is 0 Å². The number of anilines is 1. The summed E-state index contributed by atoms with van der Waals surface area (Å²) in [7, 11) is 0. The number of hydrogen-bond acceptors (Lipinski definition) is 9. The van der Waals surface area contributed by atoms with Crippen LogP contribution in [0.15, 0.2) is 62.5 Å². The maximum Gasteiger partial charge on any atom is 0.266 e. The lowest BCUT2D eigenvalue weighted by atomic mass is 10.2. The molecule has 2 saturated heterocycles. The number of rotatable bonds is 6. The minimum atomic E-state index is -0.237. The van der Waals surface area contributed by atoms with Crippen LogP contribution in [0.3, 0.4) is 0 Å². The van der Waals surface area contributed by atoms with E-state index in [1.54, 1.807) is 24.5 Å². The first-order valence-corrected chi connectivity index (χ1v) is 12.0. The van der Waals surface area contributed by atoms with Crippen LogP contribution < -0.4 is 4.90 Å². The van der Waals surface area contributed by atoms with Crippen LogP contribution in [0.4, 0.5) is 5.88 Å². The van der Waals surface area contributed by atoms with Gasteiger partial charge in [0.1, 0.15) is 16.2 Å². The summed E-state index contributed by atoms with van der Waals surface area (Å²) in [5, 5.41) is 9.61. The van der Waals surface area contributed by atoms with Crippen LogP contribution in [0.1, 0.15) is 22.9 Å². The summed E-state index contributed by atoms with van der Waals surface area (Å²) < 4.78 is 11.7. The molecule has 10 heteroatoms. The predicted octanol–water partition coefficient (Wildman–Crippen LogP) is 3.86. The summed E-state index contributed by atoms with van der Waals surface area (Å²) in [6.07, 6.45) is 3.11. The van der Waals surface area contributed by atoms with E-state index in [1.807, 2.05) is 23.1 Å². The van der Waals surface area contributed by atoms with Gasteiger partial charge in [0, 0.05) is 38.8 Å². The Morgan fingerprint density at radius 1 is 1.12 bits per heavy atom. The van der Waals surface area contributed by atoms with Gasteiger partial charge in [0.25, 0.3) is 5.91 Å². The molecule has 34 heavy (non-hydrogen) atoms. The van der Waals surface area contributed by atoms with E-state index >= 15 is 0 Å². The van der Waals surface area contributed by atoms with Crippen LogP contribution in [0.25, 0.3) is 6.08 Å². The van der Waals surface area contributed by atoms with Gasteiger partial charge in [0.15, 0.2) is 0 Å². The third-order valence-corrected chi connectivity index (χ3v) is 7.04. The Morgan fingerprint density at radius 3 is 2.62 bits per heavy atom. The van der Waals surface area contributed by atoms with Crippen LogP contribution >= 0.6 is 24.0 Å². The molecule has 2 fully saturated rings. The van der Waals surface area contributed by atoms with Crippen LogP contribution in [0, 0.1) is 11.3 Å². The second kappa shape index (κ2) is 9.85. The first kappa shape index (κ1) is 22.4. The molecule has 2 aliphatic rings. The van der Waals surface area contributed by atoms with Crippen LogP contribution in [-0.2, 0) is 17.9 Å². The topological polar surface area (TPSA) is 89.7 Å². The molecule has 0 spiro atoms. The van der Waals surface area contributed by atoms with E-state index in [1.165, 1.54) is 22.2 Å². The van der Waals surface area contributed by atoms with Crippen molar-refractivity contribution < 1.29 is 13.6 Å². The number of carbonyl (C=O) groups is 1. The number of furan rings is 1. The average molecular weight is 492 g/mol. The fourth-order valence-corrected chi connectivity index (χ4v) is 5.15. The van der Waals surface area contributed by atoms with Crippen molar-refractivity contribution in [3.05, 3.63) is 76.5 Å². The molecule has 0 aliphatic carbocycles. The Hall–Kier alpha value is -3.39. The third kappa shape index (κ3) is 4.77. The first-order chi connectivity index (χ1) is 16.6. The molecule has 0 radical (unpaired) electrons. The van der Waals surface area contributed by atoms with Crippen molar-refractivity contribution in [2.24, 2.45) is 0 Å². The fraction of sp³-hybridized carbons (Fsp3) is 0.250. The number of benzene rings is 1. The van der Waals surface area contributed by atoms with Crippen LogP contribution in [0.5, 0.6) is 0 Å². The van der Waals surface area contributed by atoms with Gasteiger partial charge in [0.2, 0.25) is 17.5 Å². The van der Waals surface area contributed by atoms with Crippen molar-refractivity contribution in [3.63, 3.8) is 0 Å². The Balaban J connectivity index is 1.27. The summed E-state index contributed by atoms with van der Waals surface area (Å²) >= 11 is 6.55. The lowest BCUT2D eigenvalue weighted by Crippen LogP contribution is -2.46. The highest BCUT2D eigenvalue weighted by Gasteiger charge is 2.33. The molecule has 2 aromatic heterocycles. The number of carbonyl (C=O) groups excluding carboxylic acids is 1. The monoisotopic (exact) mass is 491 g/mol. The molecule has 3 aromatic rings. The molecule has 0 unspecified atom stereocenters. The third-order valence-electron chi connectivity index (χ3n) is 5.66. The molecule has 2 aliphatic heterocycles. The lowest BCUT2D eigenvalue weighted by Gasteiger charge is -2.34. The van der Waals surface area contributed by atoms with E-state index < -0.39 is 0 Å². The number of nitrogens with zero attached hydrogens (tertiary/aromatic N) is 5. The zero-order chi connectivity index (χ0) is 23.5. The highest BCUT2D eigenvalue weighted by molar-refractivity contribution is 8.26. The quantitative estimate of drug-likeness (QED) is 0.377. The molecule has 0 N–H and O–H groups in total. The highest BCUT2D eigenvalue weighted by Crippen LogP contribution is 2.34. The summed E-state index contributed by atoms with van der Waals surface area (Å²) in [4.78, 5) is 23.5. The Morgan fingerprint density at radius 2 is 1.91 bits per heavy atom. The van der Waals surface area contributed by atoms with Gasteiger partial charge < -0.3 is 13.7 Å². The van der Waals surface area contributed by atoms with Crippen molar-refractivity contribution in [1.29, 1.82) is 5.26 Å². The number of aromatic nitrogens is 1. The average Bonchev–Trinajstić information content (AvgIpc) is 3.57. The zero-order valence-electron chi connectivity index (χ0n) is 18.2. The van der Waals surface area contributed by atoms with Crippen molar-refractivity contribution in [1.82, 2.24) is 14.8 Å². The number of amides is 1. The van der Waals surface area contributed by atoms with Gasteiger partial charge in [-0.2, -0.15) is 10.2 Å². The standard InChI is InChI=1S/C24H21N5O3S2/c25-14-19-23(28-10-8-27(9-11-28)15-17-5-2-1-3-6-17)32-21(26-19)13-20-22(30)29(24(33)34-20)16-18-7-4-12-31-18/h1-7,12-13H,8-11,15-16H2/b20-13-. The number of nitriles is 1. The van der Waals surface area contributed by atoms with E-state index in [2.05, 4.69) is 28.1 Å². The first-order valence-electron chi connectivity index (χ1n) is 10.8. The second-order valence-electron chi connectivity index (χ2n) is 7.91. The van der Waals surface area contributed by atoms with Crippen molar-refractivity contribution in [2.75, 3.05) is 31.1 Å². The van der Waals surface area contributed by atoms with E-state index in [4.69, 9.17) is 21.1 Å². The molecule has 0 bridgehead atoms. The normalized spacial score (nSPS) is 18.1. The Bertz CT molecular complexity index is 1260. The Labute approximate surface area is 206 Å². The number of oxazole rings is 1. The van der Waals surface area contributed by atoms with Gasteiger partial charge in [-0.15, -0.1) is 0 Å². The Kier molecular flexibility index (Phi) is 6.49. The summed E-state index contributed by atoms with van der Waals surface area (Å²) in [5.41, 5.74) is 1.49. The molecule has 4 heterocycles. The number of thioether (sulfide) groups is 1. The van der Waals surface area contributed by atoms with Gasteiger partial charge in [-0.1, -0.05) is 54.3 Å². The minimum Gasteiger partial charge on any atom is -0.467 e. The molecule has 172 valence electrons. The molecular weight excluding hydrogens is 470 g/mol. The lowest BCUT2D eigenvalue weighted by molar-refractivity contribution is -0.122. The van der Waals surface area contributed by atoms with Crippen LogP contribution in [0.2, 0.25) is 0 Å². The minimum absolute atomic E-state index is 0.217. The number of hydrogen-bond donors (Lipinski definition) is 0. The smallest absolute Gasteiger partial charge is 0.266 e. The predicted molar refractivity (Wildman–Crippen MR) is 133 cm³/mol. The van der Waals surface area contributed by atoms with E-state index in [0.29, 0.717) is 20.9 Å². The molecule has 5 rings (SSSR count). The maximum absolute atomic E-state index is 12.9. The SMILES string of the molecule is N#Cc1nc(/C=C2\SC(=S)N(Cc3ccco3)C2=O)oc1N1CCN(Cc2ccccc2)CC1.